The number of rotatable bonds is 2. The van der Waals surface area contributed by atoms with Gasteiger partial charge in [0.25, 0.3) is 0 Å². The molecule has 1 unspecified atom stereocenters. The normalized spacial score (nSPS) is 12.5. The van der Waals surface area contributed by atoms with Gasteiger partial charge in [0.05, 0.1) is 11.3 Å². The zero-order valence-electron chi connectivity index (χ0n) is 8.57. The lowest BCUT2D eigenvalue weighted by Crippen LogP contribution is -2.07. The van der Waals surface area contributed by atoms with Gasteiger partial charge in [-0.2, -0.15) is 0 Å². The standard InChI is InChI=1S/C12H8BrF2NO/c13-7-4-5-10(16-6-7)12(17)11-8(14)2-1-3-9(11)15/h1-6,12,17H. The molecule has 17 heavy (non-hydrogen) atoms. The third-order valence-corrected chi connectivity index (χ3v) is 2.77. The van der Waals surface area contributed by atoms with E-state index in [0.29, 0.717) is 0 Å². The lowest BCUT2D eigenvalue weighted by Gasteiger charge is -2.12. The average Bonchev–Trinajstić information content (AvgIpc) is 2.29. The summed E-state index contributed by atoms with van der Waals surface area (Å²) in [6, 6.07) is 6.59. The van der Waals surface area contributed by atoms with Crippen molar-refractivity contribution in [3.05, 3.63) is 63.9 Å². The molecule has 1 heterocycles. The Bertz CT molecular complexity index is 510. The fourth-order valence-corrected chi connectivity index (χ4v) is 1.70. The van der Waals surface area contributed by atoms with Gasteiger partial charge in [0, 0.05) is 10.7 Å². The number of halogens is 3. The Morgan fingerprint density at radius 3 is 2.29 bits per heavy atom. The van der Waals surface area contributed by atoms with E-state index in [4.69, 9.17) is 0 Å². The smallest absolute Gasteiger partial charge is 0.132 e. The highest BCUT2D eigenvalue weighted by atomic mass is 79.9. The summed E-state index contributed by atoms with van der Waals surface area (Å²) in [4.78, 5) is 3.91. The van der Waals surface area contributed by atoms with Crippen LogP contribution in [0, 0.1) is 11.6 Å². The summed E-state index contributed by atoms with van der Waals surface area (Å²) in [6.45, 7) is 0. The minimum atomic E-state index is -1.41. The second-order valence-corrected chi connectivity index (χ2v) is 4.35. The Labute approximate surface area is 105 Å². The monoisotopic (exact) mass is 299 g/mol. The Morgan fingerprint density at radius 2 is 1.76 bits per heavy atom. The molecule has 0 aliphatic heterocycles. The molecule has 0 amide bonds. The average molecular weight is 300 g/mol. The predicted molar refractivity (Wildman–Crippen MR) is 62.4 cm³/mol. The zero-order valence-corrected chi connectivity index (χ0v) is 10.2. The number of aliphatic hydroxyl groups is 1. The van der Waals surface area contributed by atoms with Crippen LogP contribution in [-0.2, 0) is 0 Å². The third kappa shape index (κ3) is 2.50. The van der Waals surface area contributed by atoms with Gasteiger partial charge in [0.15, 0.2) is 0 Å². The first-order valence-corrected chi connectivity index (χ1v) is 5.62. The third-order valence-electron chi connectivity index (χ3n) is 2.30. The maximum absolute atomic E-state index is 13.4. The molecular weight excluding hydrogens is 292 g/mol. The second kappa shape index (κ2) is 4.89. The molecule has 1 aromatic heterocycles. The van der Waals surface area contributed by atoms with Crippen LogP contribution < -0.4 is 0 Å². The molecule has 0 fully saturated rings. The van der Waals surface area contributed by atoms with Gasteiger partial charge in [-0.1, -0.05) is 6.07 Å². The van der Waals surface area contributed by atoms with Crippen LogP contribution in [0.15, 0.2) is 41.0 Å². The van der Waals surface area contributed by atoms with Crippen LogP contribution in [0.4, 0.5) is 8.78 Å². The first-order valence-electron chi connectivity index (χ1n) is 4.83. The molecule has 2 aromatic rings. The molecular formula is C12H8BrF2NO. The second-order valence-electron chi connectivity index (χ2n) is 3.44. The molecule has 1 N–H and O–H groups in total. The van der Waals surface area contributed by atoms with Crippen LogP contribution >= 0.6 is 15.9 Å². The molecule has 5 heteroatoms. The molecule has 2 rings (SSSR count). The Kier molecular flexibility index (Phi) is 3.49. The Hall–Kier alpha value is -1.33. The van der Waals surface area contributed by atoms with E-state index < -0.39 is 17.7 Å². The van der Waals surface area contributed by atoms with Crippen molar-refractivity contribution in [2.75, 3.05) is 0 Å². The molecule has 88 valence electrons. The molecule has 0 radical (unpaired) electrons. The van der Waals surface area contributed by atoms with Gasteiger partial charge in [-0.3, -0.25) is 4.98 Å². The highest BCUT2D eigenvalue weighted by Gasteiger charge is 2.20. The highest BCUT2D eigenvalue weighted by Crippen LogP contribution is 2.25. The van der Waals surface area contributed by atoms with Crippen molar-refractivity contribution in [3.63, 3.8) is 0 Å². The van der Waals surface area contributed by atoms with Crippen LogP contribution in [0.5, 0.6) is 0 Å². The molecule has 0 saturated heterocycles. The van der Waals surface area contributed by atoms with Gasteiger partial charge < -0.3 is 5.11 Å². The number of benzene rings is 1. The van der Waals surface area contributed by atoms with Crippen molar-refractivity contribution < 1.29 is 13.9 Å². The molecule has 0 aliphatic rings. The van der Waals surface area contributed by atoms with Gasteiger partial charge >= 0.3 is 0 Å². The molecule has 2 nitrogen and oxygen atoms in total. The van der Waals surface area contributed by atoms with Crippen molar-refractivity contribution >= 4 is 15.9 Å². The van der Waals surface area contributed by atoms with Gasteiger partial charge in [-0.05, 0) is 40.2 Å². The summed E-state index contributed by atoms with van der Waals surface area (Å²) in [7, 11) is 0. The quantitative estimate of drug-likeness (QED) is 0.924. The van der Waals surface area contributed by atoms with E-state index in [2.05, 4.69) is 20.9 Å². The number of aromatic nitrogens is 1. The fourth-order valence-electron chi connectivity index (χ4n) is 1.47. The first kappa shape index (κ1) is 12.1. The lowest BCUT2D eigenvalue weighted by molar-refractivity contribution is 0.204. The maximum atomic E-state index is 13.4. The van der Waals surface area contributed by atoms with E-state index in [0.717, 1.165) is 16.6 Å². The van der Waals surface area contributed by atoms with Crippen LogP contribution in [0.25, 0.3) is 0 Å². The van der Waals surface area contributed by atoms with Crippen LogP contribution in [0.3, 0.4) is 0 Å². The van der Waals surface area contributed by atoms with E-state index in [1.54, 1.807) is 6.07 Å². The van der Waals surface area contributed by atoms with Crippen molar-refractivity contribution in [2.24, 2.45) is 0 Å². The highest BCUT2D eigenvalue weighted by molar-refractivity contribution is 9.10. The van der Waals surface area contributed by atoms with Crippen molar-refractivity contribution in [3.8, 4) is 0 Å². The minimum absolute atomic E-state index is 0.192. The number of nitrogens with zero attached hydrogens (tertiary/aromatic N) is 1. The molecule has 0 saturated carbocycles. The van der Waals surface area contributed by atoms with Gasteiger partial charge in [-0.15, -0.1) is 0 Å². The first-order chi connectivity index (χ1) is 8.09. The van der Waals surface area contributed by atoms with Crippen LogP contribution in [0.2, 0.25) is 0 Å². The van der Waals surface area contributed by atoms with Gasteiger partial charge in [0.2, 0.25) is 0 Å². The summed E-state index contributed by atoms with van der Waals surface area (Å²) >= 11 is 3.19. The minimum Gasteiger partial charge on any atom is -0.382 e. The van der Waals surface area contributed by atoms with Crippen LogP contribution in [0.1, 0.15) is 17.4 Å². The number of pyridine rings is 1. The molecule has 0 aliphatic carbocycles. The largest absolute Gasteiger partial charge is 0.382 e. The van der Waals surface area contributed by atoms with E-state index in [9.17, 15) is 13.9 Å². The molecule has 1 atom stereocenters. The van der Waals surface area contributed by atoms with E-state index in [-0.39, 0.29) is 11.3 Å². The summed E-state index contributed by atoms with van der Waals surface area (Å²) < 4.78 is 27.6. The molecule has 0 spiro atoms. The van der Waals surface area contributed by atoms with Gasteiger partial charge in [0.1, 0.15) is 17.7 Å². The molecule has 1 aromatic carbocycles. The number of aliphatic hydroxyl groups excluding tert-OH is 1. The van der Waals surface area contributed by atoms with Crippen LogP contribution in [-0.4, -0.2) is 10.1 Å². The maximum Gasteiger partial charge on any atom is 0.132 e. The van der Waals surface area contributed by atoms with Crippen molar-refractivity contribution in [1.29, 1.82) is 0 Å². The number of hydrogen-bond donors (Lipinski definition) is 1. The lowest BCUT2D eigenvalue weighted by atomic mass is 10.0. The topological polar surface area (TPSA) is 33.1 Å². The summed E-state index contributed by atoms with van der Waals surface area (Å²) in [5.41, 5.74) is -0.195. The SMILES string of the molecule is OC(c1ccc(Br)cn1)c1c(F)cccc1F. The van der Waals surface area contributed by atoms with Gasteiger partial charge in [-0.25, -0.2) is 8.78 Å². The van der Waals surface area contributed by atoms with E-state index in [1.165, 1.54) is 18.3 Å². The summed E-state index contributed by atoms with van der Waals surface area (Å²) in [5, 5.41) is 9.89. The number of hydrogen-bond acceptors (Lipinski definition) is 2. The summed E-state index contributed by atoms with van der Waals surface area (Å²) in [5.74, 6) is -1.58. The zero-order chi connectivity index (χ0) is 12.4. The Morgan fingerprint density at radius 1 is 1.12 bits per heavy atom. The Balaban J connectivity index is 2.43. The molecule has 0 bridgehead atoms. The van der Waals surface area contributed by atoms with Crippen molar-refractivity contribution in [2.45, 2.75) is 6.10 Å². The van der Waals surface area contributed by atoms with E-state index in [1.807, 2.05) is 0 Å². The van der Waals surface area contributed by atoms with Crippen molar-refractivity contribution in [1.82, 2.24) is 4.98 Å². The predicted octanol–water partition coefficient (Wildman–Crippen LogP) is 3.20. The van der Waals surface area contributed by atoms with E-state index >= 15 is 0 Å². The summed E-state index contributed by atoms with van der Waals surface area (Å²) in [6.07, 6.45) is 0.0430. The fraction of sp³-hybridized carbons (Fsp3) is 0.0833.